The Kier molecular flexibility index (Phi) is 7.17. The van der Waals surface area contributed by atoms with Gasteiger partial charge in [0.25, 0.3) is 0 Å². The normalized spacial score (nSPS) is 26.2. The Labute approximate surface area is 174 Å². The van der Waals surface area contributed by atoms with Gasteiger partial charge in [-0.25, -0.2) is 4.79 Å². The number of likely N-dealkylation sites (tertiary alicyclic amines) is 2. The summed E-state index contributed by atoms with van der Waals surface area (Å²) in [5.41, 5.74) is 1.18. The van der Waals surface area contributed by atoms with Gasteiger partial charge in [0.2, 0.25) is 5.91 Å². The zero-order chi connectivity index (χ0) is 21.0. The molecule has 2 unspecified atom stereocenters. The van der Waals surface area contributed by atoms with E-state index in [0.29, 0.717) is 18.6 Å². The number of carbonyl (C=O) groups is 2. The average molecular weight is 402 g/mol. The van der Waals surface area contributed by atoms with Gasteiger partial charge >= 0.3 is 6.09 Å². The van der Waals surface area contributed by atoms with Gasteiger partial charge in [-0.3, -0.25) is 4.79 Å². The second-order valence-electron chi connectivity index (χ2n) is 8.60. The van der Waals surface area contributed by atoms with E-state index in [-0.39, 0.29) is 24.1 Å². The van der Waals surface area contributed by atoms with Crippen molar-refractivity contribution in [3.8, 4) is 0 Å². The molecule has 2 amide bonds. The minimum absolute atomic E-state index is 0.154. The van der Waals surface area contributed by atoms with E-state index in [1.54, 1.807) is 6.92 Å². The lowest BCUT2D eigenvalue weighted by molar-refractivity contribution is -0.133. The second-order valence-corrected chi connectivity index (χ2v) is 8.60. The Morgan fingerprint density at radius 3 is 2.17 bits per heavy atom. The van der Waals surface area contributed by atoms with Crippen LogP contribution in [0.5, 0.6) is 0 Å². The standard InChI is InChI=1S/C23H35N3O3/c1-17-14-22(15-18(2)26(17)23(28)29-4)24-12-10-21(11-13-24)25(19(3)27)16-20-8-6-5-7-9-20/h5-9,17-18,21-22H,10-16H2,1-4H3. The fourth-order valence-corrected chi connectivity index (χ4v) is 5.15. The molecule has 1 aromatic rings. The van der Waals surface area contributed by atoms with Crippen molar-refractivity contribution in [1.82, 2.24) is 14.7 Å². The fraction of sp³-hybridized carbons (Fsp3) is 0.652. The molecule has 0 N–H and O–H groups in total. The van der Waals surface area contributed by atoms with Gasteiger partial charge in [-0.1, -0.05) is 30.3 Å². The van der Waals surface area contributed by atoms with Gasteiger partial charge in [0, 0.05) is 50.7 Å². The van der Waals surface area contributed by atoms with Crippen LogP contribution in [0.4, 0.5) is 4.79 Å². The van der Waals surface area contributed by atoms with E-state index in [1.165, 1.54) is 12.7 Å². The lowest BCUT2D eigenvalue weighted by Gasteiger charge is -2.47. The molecule has 160 valence electrons. The van der Waals surface area contributed by atoms with Crippen LogP contribution in [-0.4, -0.2) is 71.1 Å². The van der Waals surface area contributed by atoms with E-state index < -0.39 is 0 Å². The molecule has 2 aliphatic heterocycles. The first kappa shape index (κ1) is 21.6. The van der Waals surface area contributed by atoms with E-state index in [1.807, 2.05) is 28.0 Å². The molecule has 6 heteroatoms. The average Bonchev–Trinajstić information content (AvgIpc) is 2.72. The van der Waals surface area contributed by atoms with E-state index in [2.05, 4.69) is 30.9 Å². The predicted octanol–water partition coefficient (Wildman–Crippen LogP) is 3.51. The minimum Gasteiger partial charge on any atom is -0.453 e. The molecule has 2 atom stereocenters. The van der Waals surface area contributed by atoms with Crippen molar-refractivity contribution >= 4 is 12.0 Å². The molecule has 3 rings (SSSR count). The zero-order valence-corrected chi connectivity index (χ0v) is 18.2. The van der Waals surface area contributed by atoms with Crippen LogP contribution >= 0.6 is 0 Å². The number of ether oxygens (including phenoxy) is 1. The topological polar surface area (TPSA) is 53.1 Å². The summed E-state index contributed by atoms with van der Waals surface area (Å²) in [5.74, 6) is 0.154. The number of nitrogens with zero attached hydrogens (tertiary/aromatic N) is 3. The summed E-state index contributed by atoms with van der Waals surface area (Å²) in [5, 5.41) is 0. The second kappa shape index (κ2) is 9.61. The fourth-order valence-electron chi connectivity index (χ4n) is 5.15. The SMILES string of the molecule is COC(=O)N1C(C)CC(N2CCC(N(Cc3ccccc3)C(C)=O)CC2)CC1C. The molecule has 2 saturated heterocycles. The van der Waals surface area contributed by atoms with Crippen LogP contribution in [0.1, 0.15) is 52.0 Å². The third-order valence-electron chi connectivity index (χ3n) is 6.62. The Morgan fingerprint density at radius 1 is 1.07 bits per heavy atom. The number of hydrogen-bond donors (Lipinski definition) is 0. The molecule has 0 aromatic heterocycles. The van der Waals surface area contributed by atoms with Gasteiger partial charge in [-0.15, -0.1) is 0 Å². The Balaban J connectivity index is 1.57. The Hall–Kier alpha value is -2.08. The first-order valence-corrected chi connectivity index (χ1v) is 10.8. The maximum Gasteiger partial charge on any atom is 0.409 e. The maximum absolute atomic E-state index is 12.3. The van der Waals surface area contributed by atoms with E-state index in [4.69, 9.17) is 4.74 Å². The number of piperidine rings is 2. The molecular weight excluding hydrogens is 366 g/mol. The summed E-state index contributed by atoms with van der Waals surface area (Å²) in [6.07, 6.45) is 3.74. The molecule has 2 heterocycles. The summed E-state index contributed by atoms with van der Waals surface area (Å²) in [7, 11) is 1.45. The minimum atomic E-state index is -0.222. The lowest BCUT2D eigenvalue weighted by Crippen LogP contribution is -2.57. The van der Waals surface area contributed by atoms with Crippen molar-refractivity contribution in [2.45, 2.75) is 77.2 Å². The van der Waals surface area contributed by atoms with Gasteiger partial charge in [0.15, 0.2) is 0 Å². The van der Waals surface area contributed by atoms with Crippen LogP contribution in [-0.2, 0) is 16.1 Å². The Morgan fingerprint density at radius 2 is 1.66 bits per heavy atom. The predicted molar refractivity (Wildman–Crippen MR) is 113 cm³/mol. The maximum atomic E-state index is 12.3. The van der Waals surface area contributed by atoms with Gasteiger partial charge in [-0.05, 0) is 45.1 Å². The highest BCUT2D eigenvalue weighted by Gasteiger charge is 2.38. The summed E-state index contributed by atoms with van der Waals surface area (Å²) >= 11 is 0. The molecule has 1 aromatic carbocycles. The number of rotatable bonds is 4. The molecule has 29 heavy (non-hydrogen) atoms. The lowest BCUT2D eigenvalue weighted by atomic mass is 9.90. The van der Waals surface area contributed by atoms with Crippen molar-refractivity contribution in [3.05, 3.63) is 35.9 Å². The van der Waals surface area contributed by atoms with Crippen LogP contribution in [0.2, 0.25) is 0 Å². The molecule has 2 fully saturated rings. The molecule has 6 nitrogen and oxygen atoms in total. The van der Waals surface area contributed by atoms with Crippen molar-refractivity contribution in [3.63, 3.8) is 0 Å². The highest BCUT2D eigenvalue weighted by Crippen LogP contribution is 2.30. The van der Waals surface area contributed by atoms with E-state index in [9.17, 15) is 9.59 Å². The molecule has 0 radical (unpaired) electrons. The number of amides is 2. The number of methoxy groups -OCH3 is 1. The van der Waals surface area contributed by atoms with Gasteiger partial charge in [-0.2, -0.15) is 0 Å². The largest absolute Gasteiger partial charge is 0.453 e. The van der Waals surface area contributed by atoms with Crippen molar-refractivity contribution in [2.24, 2.45) is 0 Å². The molecule has 0 saturated carbocycles. The highest BCUT2D eigenvalue weighted by atomic mass is 16.5. The van der Waals surface area contributed by atoms with Gasteiger partial charge < -0.3 is 19.4 Å². The first-order chi connectivity index (χ1) is 13.9. The zero-order valence-electron chi connectivity index (χ0n) is 18.2. The van der Waals surface area contributed by atoms with Crippen LogP contribution in [0.15, 0.2) is 30.3 Å². The monoisotopic (exact) mass is 401 g/mol. The summed E-state index contributed by atoms with van der Waals surface area (Å²) < 4.78 is 4.96. The van der Waals surface area contributed by atoms with E-state index in [0.717, 1.165) is 38.8 Å². The molecular formula is C23H35N3O3. The smallest absolute Gasteiger partial charge is 0.409 e. The number of hydrogen-bond acceptors (Lipinski definition) is 4. The number of carbonyl (C=O) groups excluding carboxylic acids is 2. The molecule has 0 bridgehead atoms. The quantitative estimate of drug-likeness (QED) is 0.775. The summed E-state index contributed by atoms with van der Waals surface area (Å²) in [4.78, 5) is 30.8. The molecule has 0 aliphatic carbocycles. The third-order valence-corrected chi connectivity index (χ3v) is 6.62. The summed E-state index contributed by atoms with van der Waals surface area (Å²) in [6, 6.07) is 11.4. The van der Waals surface area contributed by atoms with Crippen LogP contribution in [0.25, 0.3) is 0 Å². The van der Waals surface area contributed by atoms with E-state index >= 15 is 0 Å². The van der Waals surface area contributed by atoms with Crippen molar-refractivity contribution in [2.75, 3.05) is 20.2 Å². The van der Waals surface area contributed by atoms with Crippen molar-refractivity contribution in [1.29, 1.82) is 0 Å². The first-order valence-electron chi connectivity index (χ1n) is 10.8. The summed E-state index contributed by atoms with van der Waals surface area (Å²) in [6.45, 7) is 8.61. The molecule has 0 spiro atoms. The van der Waals surface area contributed by atoms with Crippen molar-refractivity contribution < 1.29 is 14.3 Å². The van der Waals surface area contributed by atoms with Crippen LogP contribution in [0.3, 0.4) is 0 Å². The third kappa shape index (κ3) is 5.10. The highest BCUT2D eigenvalue weighted by molar-refractivity contribution is 5.73. The van der Waals surface area contributed by atoms with Gasteiger partial charge in [0.05, 0.1) is 7.11 Å². The molecule has 2 aliphatic rings. The Bertz CT molecular complexity index is 676. The number of benzene rings is 1. The van der Waals surface area contributed by atoms with Crippen LogP contribution in [0, 0.1) is 0 Å². The van der Waals surface area contributed by atoms with Crippen LogP contribution < -0.4 is 0 Å². The van der Waals surface area contributed by atoms with Gasteiger partial charge in [0.1, 0.15) is 0 Å².